The molecule has 5 heteroatoms. The van der Waals surface area contributed by atoms with Gasteiger partial charge in [-0.25, -0.2) is 5.84 Å². The van der Waals surface area contributed by atoms with Gasteiger partial charge in [0.25, 0.3) is 5.91 Å². The van der Waals surface area contributed by atoms with Gasteiger partial charge in [-0.3, -0.25) is 15.1 Å². The molecule has 0 aliphatic carbocycles. The maximum atomic E-state index is 11.6. The molecule has 0 saturated carbocycles. The zero-order chi connectivity index (χ0) is 11.5. The van der Waals surface area contributed by atoms with Crippen LogP contribution in [0.2, 0.25) is 0 Å². The van der Waals surface area contributed by atoms with Gasteiger partial charge in [-0.05, 0) is 20.3 Å². The molecular formula is C10H21N3O2. The quantitative estimate of drug-likeness (QED) is 0.391. The molecule has 1 amide bonds. The van der Waals surface area contributed by atoms with Crippen molar-refractivity contribution in [1.29, 1.82) is 0 Å². The summed E-state index contributed by atoms with van der Waals surface area (Å²) in [4.78, 5) is 13.8. The molecule has 1 atom stereocenters. The lowest BCUT2D eigenvalue weighted by Gasteiger charge is -2.45. The van der Waals surface area contributed by atoms with Crippen molar-refractivity contribution in [1.82, 2.24) is 10.3 Å². The molecule has 15 heavy (non-hydrogen) atoms. The first-order valence-electron chi connectivity index (χ1n) is 5.38. The van der Waals surface area contributed by atoms with E-state index < -0.39 is 0 Å². The van der Waals surface area contributed by atoms with Crippen molar-refractivity contribution in [2.24, 2.45) is 5.84 Å². The van der Waals surface area contributed by atoms with Gasteiger partial charge in [0.1, 0.15) is 0 Å². The highest BCUT2D eigenvalue weighted by molar-refractivity contribution is 5.81. The molecule has 0 spiro atoms. The Hall–Kier alpha value is -0.650. The summed E-state index contributed by atoms with van der Waals surface area (Å²) in [6.07, 6.45) is 0.756. The number of ether oxygens (including phenoxy) is 1. The highest BCUT2D eigenvalue weighted by Crippen LogP contribution is 2.23. The van der Waals surface area contributed by atoms with Crippen LogP contribution in [0, 0.1) is 0 Å². The zero-order valence-electron chi connectivity index (χ0n) is 9.75. The normalized spacial score (nSPS) is 23.5. The third-order valence-corrected chi connectivity index (χ3v) is 2.92. The number of rotatable bonds is 3. The van der Waals surface area contributed by atoms with Crippen molar-refractivity contribution in [2.45, 2.75) is 38.8 Å². The number of hydrazine groups is 1. The van der Waals surface area contributed by atoms with Crippen molar-refractivity contribution >= 4 is 5.91 Å². The van der Waals surface area contributed by atoms with Gasteiger partial charge < -0.3 is 4.74 Å². The van der Waals surface area contributed by atoms with Crippen LogP contribution in [0.5, 0.6) is 0 Å². The molecule has 1 fully saturated rings. The van der Waals surface area contributed by atoms with Crippen LogP contribution in [0.1, 0.15) is 27.2 Å². The number of nitrogens with zero attached hydrogens (tertiary/aromatic N) is 1. The number of hydrogen-bond donors (Lipinski definition) is 2. The van der Waals surface area contributed by atoms with Crippen LogP contribution in [0.15, 0.2) is 0 Å². The van der Waals surface area contributed by atoms with Gasteiger partial charge in [-0.2, -0.15) is 0 Å². The summed E-state index contributed by atoms with van der Waals surface area (Å²) in [7, 11) is 0. The zero-order valence-corrected chi connectivity index (χ0v) is 9.75. The Labute approximate surface area is 90.9 Å². The lowest BCUT2D eigenvalue weighted by atomic mass is 9.98. The molecule has 3 N–H and O–H groups in total. The number of nitrogens with two attached hydrogens (primary N) is 1. The van der Waals surface area contributed by atoms with Crippen LogP contribution in [-0.4, -0.2) is 42.1 Å². The summed E-state index contributed by atoms with van der Waals surface area (Å²) in [5.74, 6) is 5.07. The molecule has 5 nitrogen and oxygen atoms in total. The summed E-state index contributed by atoms with van der Waals surface area (Å²) in [5.41, 5.74) is 2.12. The monoisotopic (exact) mass is 215 g/mol. The van der Waals surface area contributed by atoms with Gasteiger partial charge in [0.2, 0.25) is 0 Å². The highest BCUT2D eigenvalue weighted by Gasteiger charge is 2.37. The van der Waals surface area contributed by atoms with E-state index in [-0.39, 0.29) is 17.5 Å². The number of morpholine rings is 1. The molecule has 0 radical (unpaired) electrons. The predicted octanol–water partition coefficient (Wildman–Crippen LogP) is -0.134. The number of hydrogen-bond acceptors (Lipinski definition) is 4. The van der Waals surface area contributed by atoms with Crippen molar-refractivity contribution < 1.29 is 9.53 Å². The first-order valence-corrected chi connectivity index (χ1v) is 5.38. The summed E-state index contributed by atoms with van der Waals surface area (Å²) in [5, 5.41) is 0. The number of amides is 1. The first kappa shape index (κ1) is 12.4. The number of carbonyl (C=O) groups excluding carboxylic acids is 1. The SMILES string of the molecule is CCC(C(=O)NN)N1CCOCC1(C)C. The average Bonchev–Trinajstić information content (AvgIpc) is 2.20. The average molecular weight is 215 g/mol. The maximum absolute atomic E-state index is 11.6. The van der Waals surface area contributed by atoms with E-state index in [1.54, 1.807) is 0 Å². The van der Waals surface area contributed by atoms with Crippen LogP contribution < -0.4 is 11.3 Å². The van der Waals surface area contributed by atoms with Crippen molar-refractivity contribution in [3.8, 4) is 0 Å². The van der Waals surface area contributed by atoms with E-state index in [0.29, 0.717) is 13.2 Å². The predicted molar refractivity (Wildman–Crippen MR) is 58.0 cm³/mol. The molecular weight excluding hydrogens is 194 g/mol. The Morgan fingerprint density at radius 2 is 2.33 bits per heavy atom. The topological polar surface area (TPSA) is 67.6 Å². The third kappa shape index (κ3) is 2.68. The molecule has 0 aromatic rings. The van der Waals surface area contributed by atoms with Crippen LogP contribution in [0.3, 0.4) is 0 Å². The van der Waals surface area contributed by atoms with E-state index >= 15 is 0 Å². The minimum absolute atomic E-state index is 0.106. The summed E-state index contributed by atoms with van der Waals surface area (Å²) < 4.78 is 5.42. The molecule has 0 aromatic carbocycles. The molecule has 1 saturated heterocycles. The fourth-order valence-corrected chi connectivity index (χ4v) is 2.09. The third-order valence-electron chi connectivity index (χ3n) is 2.92. The molecule has 1 heterocycles. The lowest BCUT2D eigenvalue weighted by molar-refractivity contribution is -0.135. The van der Waals surface area contributed by atoms with Gasteiger partial charge in [-0.1, -0.05) is 6.92 Å². The second-order valence-corrected chi connectivity index (χ2v) is 4.49. The molecule has 1 aliphatic heterocycles. The standard InChI is InChI=1S/C10H21N3O2/c1-4-8(9(14)12-11)13-5-6-15-7-10(13,2)3/h8H,4-7,11H2,1-3H3,(H,12,14). The van der Waals surface area contributed by atoms with E-state index in [1.807, 2.05) is 6.92 Å². The summed E-state index contributed by atoms with van der Waals surface area (Å²) >= 11 is 0. The van der Waals surface area contributed by atoms with Crippen molar-refractivity contribution in [3.05, 3.63) is 0 Å². The lowest BCUT2D eigenvalue weighted by Crippen LogP contribution is -2.61. The van der Waals surface area contributed by atoms with E-state index in [2.05, 4.69) is 24.2 Å². The van der Waals surface area contributed by atoms with Crippen molar-refractivity contribution in [2.75, 3.05) is 19.8 Å². The molecule has 0 aromatic heterocycles. The Balaban J connectivity index is 2.77. The Bertz CT molecular complexity index is 231. The van der Waals surface area contributed by atoms with E-state index in [1.165, 1.54) is 0 Å². The molecule has 1 aliphatic rings. The van der Waals surface area contributed by atoms with Crippen molar-refractivity contribution in [3.63, 3.8) is 0 Å². The van der Waals surface area contributed by atoms with Crippen LogP contribution in [0.4, 0.5) is 0 Å². The van der Waals surface area contributed by atoms with Gasteiger partial charge >= 0.3 is 0 Å². The van der Waals surface area contributed by atoms with Gasteiger partial charge in [0.15, 0.2) is 0 Å². The second-order valence-electron chi connectivity index (χ2n) is 4.49. The first-order chi connectivity index (χ1) is 7.03. The number of nitrogens with one attached hydrogen (secondary N) is 1. The van der Waals surface area contributed by atoms with E-state index in [9.17, 15) is 4.79 Å². The molecule has 1 unspecified atom stereocenters. The van der Waals surface area contributed by atoms with E-state index in [4.69, 9.17) is 10.6 Å². The van der Waals surface area contributed by atoms with Gasteiger partial charge in [0.05, 0.1) is 19.3 Å². The summed E-state index contributed by atoms with van der Waals surface area (Å²) in [6.45, 7) is 8.26. The molecule has 88 valence electrons. The van der Waals surface area contributed by atoms with Crippen LogP contribution >= 0.6 is 0 Å². The molecule has 1 rings (SSSR count). The fourth-order valence-electron chi connectivity index (χ4n) is 2.09. The van der Waals surface area contributed by atoms with Gasteiger partial charge in [-0.15, -0.1) is 0 Å². The van der Waals surface area contributed by atoms with E-state index in [0.717, 1.165) is 13.0 Å². The second kappa shape index (κ2) is 4.92. The highest BCUT2D eigenvalue weighted by atomic mass is 16.5. The fraction of sp³-hybridized carbons (Fsp3) is 0.900. The van der Waals surface area contributed by atoms with Crippen LogP contribution in [0.25, 0.3) is 0 Å². The van der Waals surface area contributed by atoms with Crippen LogP contribution in [-0.2, 0) is 9.53 Å². The minimum Gasteiger partial charge on any atom is -0.378 e. The van der Waals surface area contributed by atoms with Gasteiger partial charge in [0, 0.05) is 12.1 Å². The smallest absolute Gasteiger partial charge is 0.251 e. The Morgan fingerprint density at radius 3 is 2.80 bits per heavy atom. The minimum atomic E-state index is -0.158. The number of carbonyl (C=O) groups is 1. The Kier molecular flexibility index (Phi) is 4.07. The maximum Gasteiger partial charge on any atom is 0.251 e. The molecule has 0 bridgehead atoms. The Morgan fingerprint density at radius 1 is 1.67 bits per heavy atom. The largest absolute Gasteiger partial charge is 0.378 e. The summed E-state index contributed by atoms with van der Waals surface area (Å²) in [6, 6.07) is -0.158.